The number of ketones is 1. The monoisotopic (exact) mass is 328 g/mol. The lowest BCUT2D eigenvalue weighted by molar-refractivity contribution is 0.0988. The third kappa shape index (κ3) is 3.78. The summed E-state index contributed by atoms with van der Waals surface area (Å²) in [7, 11) is -3.87. The Morgan fingerprint density at radius 3 is 2.76 bits per heavy atom. The predicted octanol–water partition coefficient (Wildman–Crippen LogP) is 1.87. The lowest BCUT2D eigenvalue weighted by Gasteiger charge is -2.33. The van der Waals surface area contributed by atoms with Gasteiger partial charge in [0.1, 0.15) is 4.90 Å². The zero-order valence-corrected chi connectivity index (χ0v) is 13.8. The highest BCUT2D eigenvalue weighted by atomic mass is 32.2. The van der Waals surface area contributed by atoms with Crippen molar-refractivity contribution in [2.24, 2.45) is 5.14 Å². The summed E-state index contributed by atoms with van der Waals surface area (Å²) in [5.74, 6) is 0.856. The number of nitrogens with zero attached hydrogens (tertiary/aromatic N) is 1. The van der Waals surface area contributed by atoms with Crippen LogP contribution in [0, 0.1) is 0 Å². The molecule has 2 rings (SSSR count). The number of carbonyl (C=O) groups excluding carboxylic acids is 1. The Hall–Kier alpha value is -1.05. The molecule has 0 bridgehead atoms. The average Bonchev–Trinajstić information content (AvgIpc) is 2.45. The largest absolute Gasteiger partial charge is 0.369 e. The van der Waals surface area contributed by atoms with Gasteiger partial charge < -0.3 is 4.90 Å². The number of primary sulfonamides is 1. The van der Waals surface area contributed by atoms with Crippen LogP contribution in [0.15, 0.2) is 23.1 Å². The fraction of sp³-hybridized carbons (Fsp3) is 0.500. The van der Waals surface area contributed by atoms with Crippen molar-refractivity contribution in [1.82, 2.24) is 0 Å². The van der Waals surface area contributed by atoms with Gasteiger partial charge in [-0.3, -0.25) is 4.79 Å². The van der Waals surface area contributed by atoms with E-state index >= 15 is 0 Å². The maximum absolute atomic E-state index is 11.9. The predicted molar refractivity (Wildman–Crippen MR) is 86.6 cm³/mol. The molecule has 0 aromatic heterocycles. The van der Waals surface area contributed by atoms with Crippen molar-refractivity contribution in [1.29, 1.82) is 0 Å². The number of carbonyl (C=O) groups is 1. The van der Waals surface area contributed by atoms with Crippen LogP contribution in [0.4, 0.5) is 5.69 Å². The molecule has 1 atom stereocenters. The molecule has 0 spiro atoms. The summed E-state index contributed by atoms with van der Waals surface area (Å²) in [6.45, 7) is 5.41. The van der Waals surface area contributed by atoms with Crippen LogP contribution in [0.2, 0.25) is 0 Å². The zero-order chi connectivity index (χ0) is 15.6. The standard InChI is InChI=1S/C14H20N2O3S2/c1-3-13(17)11-4-5-12(14(8-11)21(15,18)19)16-6-7-20-10(2)9-16/h4-5,8,10H,3,6-7,9H2,1-2H3,(H2,15,18,19). The maximum Gasteiger partial charge on any atom is 0.240 e. The third-order valence-corrected chi connectivity index (χ3v) is 5.57. The number of anilines is 1. The van der Waals surface area contributed by atoms with Crippen LogP contribution in [0.25, 0.3) is 0 Å². The summed E-state index contributed by atoms with van der Waals surface area (Å²) in [6.07, 6.45) is 0.334. The second-order valence-electron chi connectivity index (χ2n) is 5.13. The average molecular weight is 328 g/mol. The van der Waals surface area contributed by atoms with Crippen molar-refractivity contribution >= 4 is 33.3 Å². The molecule has 2 N–H and O–H groups in total. The van der Waals surface area contributed by atoms with Gasteiger partial charge in [0.2, 0.25) is 10.0 Å². The number of thioether (sulfide) groups is 1. The van der Waals surface area contributed by atoms with Gasteiger partial charge in [0, 0.05) is 36.1 Å². The molecule has 1 heterocycles. The molecule has 116 valence electrons. The van der Waals surface area contributed by atoms with Crippen LogP contribution in [0.1, 0.15) is 30.6 Å². The van der Waals surface area contributed by atoms with Gasteiger partial charge >= 0.3 is 0 Å². The van der Waals surface area contributed by atoms with Crippen LogP contribution >= 0.6 is 11.8 Å². The maximum atomic E-state index is 11.9. The summed E-state index contributed by atoms with van der Waals surface area (Å²) in [5.41, 5.74) is 0.988. The number of nitrogens with two attached hydrogens (primary N) is 1. The highest BCUT2D eigenvalue weighted by Gasteiger charge is 2.24. The molecule has 5 nitrogen and oxygen atoms in total. The summed E-state index contributed by atoms with van der Waals surface area (Å²) in [4.78, 5) is 13.9. The highest BCUT2D eigenvalue weighted by molar-refractivity contribution is 8.00. The smallest absolute Gasteiger partial charge is 0.240 e. The SMILES string of the molecule is CCC(=O)c1ccc(N2CCSC(C)C2)c(S(N)(=O)=O)c1. The van der Waals surface area contributed by atoms with E-state index in [1.54, 1.807) is 19.1 Å². The van der Waals surface area contributed by atoms with Crippen molar-refractivity contribution < 1.29 is 13.2 Å². The van der Waals surface area contributed by atoms with Gasteiger partial charge in [-0.15, -0.1) is 0 Å². The number of Topliss-reactive ketones (excluding diaryl/α,β-unsaturated/α-hetero) is 1. The van der Waals surface area contributed by atoms with E-state index in [9.17, 15) is 13.2 Å². The first kappa shape index (κ1) is 16.3. The fourth-order valence-corrected chi connectivity index (χ4v) is 4.21. The number of benzene rings is 1. The van der Waals surface area contributed by atoms with Gasteiger partial charge in [0.05, 0.1) is 5.69 Å². The first-order valence-electron chi connectivity index (χ1n) is 6.89. The summed E-state index contributed by atoms with van der Waals surface area (Å²) >= 11 is 1.87. The molecule has 1 aromatic carbocycles. The van der Waals surface area contributed by atoms with Gasteiger partial charge in [-0.2, -0.15) is 11.8 Å². The number of rotatable bonds is 4. The lowest BCUT2D eigenvalue weighted by atomic mass is 10.1. The van der Waals surface area contributed by atoms with E-state index in [0.29, 0.717) is 22.9 Å². The van der Waals surface area contributed by atoms with Crippen LogP contribution in [0.5, 0.6) is 0 Å². The number of hydrogen-bond donors (Lipinski definition) is 1. The molecular weight excluding hydrogens is 308 g/mol. The van der Waals surface area contributed by atoms with Crippen LogP contribution in [-0.4, -0.2) is 38.3 Å². The molecule has 7 heteroatoms. The summed E-state index contributed by atoms with van der Waals surface area (Å²) < 4.78 is 23.8. The van der Waals surface area contributed by atoms with E-state index in [1.165, 1.54) is 6.07 Å². The van der Waals surface area contributed by atoms with Crippen LogP contribution in [0.3, 0.4) is 0 Å². The first-order valence-corrected chi connectivity index (χ1v) is 9.49. The van der Waals surface area contributed by atoms with Crippen LogP contribution < -0.4 is 10.0 Å². The van der Waals surface area contributed by atoms with Crippen molar-refractivity contribution in [3.8, 4) is 0 Å². The Morgan fingerprint density at radius 2 is 2.19 bits per heavy atom. The second-order valence-corrected chi connectivity index (χ2v) is 8.21. The normalized spacial score (nSPS) is 19.6. The zero-order valence-electron chi connectivity index (χ0n) is 12.2. The summed E-state index contributed by atoms with van der Waals surface area (Å²) in [5, 5.41) is 5.77. The molecule has 1 aliphatic rings. The van der Waals surface area contributed by atoms with E-state index in [-0.39, 0.29) is 10.7 Å². The Bertz CT molecular complexity index is 644. The minimum Gasteiger partial charge on any atom is -0.369 e. The number of sulfonamides is 1. The van der Waals surface area contributed by atoms with Crippen LogP contribution in [-0.2, 0) is 10.0 Å². The first-order chi connectivity index (χ1) is 9.82. The quantitative estimate of drug-likeness (QED) is 0.854. The van der Waals surface area contributed by atoms with Crippen molar-refractivity contribution in [3.05, 3.63) is 23.8 Å². The molecule has 21 heavy (non-hydrogen) atoms. The van der Waals surface area contributed by atoms with Gasteiger partial charge in [0.25, 0.3) is 0 Å². The Balaban J connectivity index is 2.48. The molecule has 1 saturated heterocycles. The van der Waals surface area contributed by atoms with Crippen molar-refractivity contribution in [3.63, 3.8) is 0 Å². The van der Waals surface area contributed by atoms with E-state index < -0.39 is 10.0 Å². The van der Waals surface area contributed by atoms with E-state index in [0.717, 1.165) is 18.8 Å². The minimum atomic E-state index is -3.87. The molecule has 0 aliphatic carbocycles. The minimum absolute atomic E-state index is 0.0425. The molecule has 1 aliphatic heterocycles. The molecular formula is C14H20N2O3S2. The molecule has 1 aromatic rings. The topological polar surface area (TPSA) is 80.5 Å². The van der Waals surface area contributed by atoms with Gasteiger partial charge in [-0.1, -0.05) is 13.8 Å². The molecule has 1 unspecified atom stereocenters. The van der Waals surface area contributed by atoms with E-state index in [1.807, 2.05) is 16.7 Å². The number of hydrogen-bond acceptors (Lipinski definition) is 5. The Labute approximate surface area is 129 Å². The van der Waals surface area contributed by atoms with E-state index in [4.69, 9.17) is 5.14 Å². The summed E-state index contributed by atoms with van der Waals surface area (Å²) in [6, 6.07) is 4.79. The lowest BCUT2D eigenvalue weighted by Crippen LogP contribution is -2.37. The molecule has 0 amide bonds. The Morgan fingerprint density at radius 1 is 1.48 bits per heavy atom. The van der Waals surface area contributed by atoms with Crippen molar-refractivity contribution in [2.45, 2.75) is 30.4 Å². The fourth-order valence-electron chi connectivity index (χ4n) is 2.42. The molecule has 1 fully saturated rings. The van der Waals surface area contributed by atoms with Gasteiger partial charge in [-0.25, -0.2) is 13.6 Å². The Kier molecular flexibility index (Phi) is 4.95. The molecule has 0 saturated carbocycles. The molecule has 0 radical (unpaired) electrons. The third-order valence-electron chi connectivity index (χ3n) is 3.49. The van der Waals surface area contributed by atoms with E-state index in [2.05, 4.69) is 6.92 Å². The second kappa shape index (κ2) is 6.37. The van der Waals surface area contributed by atoms with Gasteiger partial charge in [-0.05, 0) is 18.2 Å². The van der Waals surface area contributed by atoms with Gasteiger partial charge in [0.15, 0.2) is 5.78 Å². The highest BCUT2D eigenvalue weighted by Crippen LogP contribution is 2.30. The van der Waals surface area contributed by atoms with Crippen molar-refractivity contribution in [2.75, 3.05) is 23.7 Å².